The Balaban J connectivity index is 2.99. The van der Waals surface area contributed by atoms with Crippen molar-refractivity contribution in [2.45, 2.75) is 23.8 Å². The fourth-order valence-corrected chi connectivity index (χ4v) is 1.65. The van der Waals surface area contributed by atoms with Crippen LogP contribution in [0.25, 0.3) is 0 Å². The summed E-state index contributed by atoms with van der Waals surface area (Å²) in [6.07, 6.45) is 0. The average molecular weight is 228 g/mol. The van der Waals surface area contributed by atoms with E-state index >= 15 is 0 Å². The first-order valence-electron chi connectivity index (χ1n) is 4.08. The Labute approximate surface area is 89.9 Å². The van der Waals surface area contributed by atoms with E-state index in [4.69, 9.17) is 5.73 Å². The Morgan fingerprint density at radius 3 is 2.73 bits per heavy atom. The van der Waals surface area contributed by atoms with Gasteiger partial charge in [0.2, 0.25) is 0 Å². The lowest BCUT2D eigenvalue weighted by molar-refractivity contribution is -0.308. The number of hydrogen-bond acceptors (Lipinski definition) is 6. The molecule has 0 aliphatic heterocycles. The number of rotatable bonds is 3. The fourth-order valence-electron chi connectivity index (χ4n) is 0.785. The molecule has 0 amide bonds. The number of thioether (sulfide) groups is 1. The first-order chi connectivity index (χ1) is 6.81. The molecule has 0 aliphatic rings. The van der Waals surface area contributed by atoms with Gasteiger partial charge in [0, 0.05) is 6.07 Å². The number of H-pyrrole nitrogens is 1. The van der Waals surface area contributed by atoms with Gasteiger partial charge in [-0.1, -0.05) is 11.8 Å². The van der Waals surface area contributed by atoms with Gasteiger partial charge in [-0.3, -0.25) is 4.79 Å². The summed E-state index contributed by atoms with van der Waals surface area (Å²) >= 11 is 0.874. The van der Waals surface area contributed by atoms with Gasteiger partial charge in [-0.25, -0.2) is 4.98 Å². The second-order valence-corrected chi connectivity index (χ2v) is 4.99. The molecule has 0 fully saturated rings. The van der Waals surface area contributed by atoms with E-state index in [-0.39, 0.29) is 11.0 Å². The molecule has 15 heavy (non-hydrogen) atoms. The lowest BCUT2D eigenvalue weighted by Gasteiger charge is -2.23. The van der Waals surface area contributed by atoms with Crippen LogP contribution in [-0.4, -0.2) is 20.7 Å². The highest BCUT2D eigenvalue weighted by atomic mass is 32.2. The number of nitrogens with zero attached hydrogens (tertiary/aromatic N) is 1. The van der Waals surface area contributed by atoms with E-state index in [1.54, 1.807) is 0 Å². The van der Waals surface area contributed by atoms with Crippen LogP contribution < -0.4 is 16.4 Å². The molecular weight excluding hydrogens is 218 g/mol. The third-order valence-electron chi connectivity index (χ3n) is 1.58. The van der Waals surface area contributed by atoms with Crippen molar-refractivity contribution < 1.29 is 9.90 Å². The SMILES string of the molecule is CC(C)(Sc1nc(N)cc(=O)[nH]1)C(=O)[O-]. The Morgan fingerprint density at radius 1 is 1.67 bits per heavy atom. The molecule has 0 aromatic carbocycles. The smallest absolute Gasteiger partial charge is 0.253 e. The highest BCUT2D eigenvalue weighted by molar-refractivity contribution is 8.01. The fraction of sp³-hybridized carbons (Fsp3) is 0.375. The quantitative estimate of drug-likeness (QED) is 0.505. The topological polar surface area (TPSA) is 112 Å². The molecule has 82 valence electrons. The Morgan fingerprint density at radius 2 is 2.27 bits per heavy atom. The van der Waals surface area contributed by atoms with E-state index in [2.05, 4.69) is 9.97 Å². The maximum absolute atomic E-state index is 11.0. The van der Waals surface area contributed by atoms with Crippen LogP contribution in [0, 0.1) is 0 Å². The third kappa shape index (κ3) is 2.98. The van der Waals surface area contributed by atoms with Crippen molar-refractivity contribution >= 4 is 23.5 Å². The average Bonchev–Trinajstić information content (AvgIpc) is 1.99. The van der Waals surface area contributed by atoms with Crippen molar-refractivity contribution in [1.82, 2.24) is 9.97 Å². The zero-order chi connectivity index (χ0) is 11.6. The van der Waals surface area contributed by atoms with Crippen molar-refractivity contribution in [2.24, 2.45) is 0 Å². The molecule has 3 N–H and O–H groups in total. The van der Waals surface area contributed by atoms with E-state index in [0.29, 0.717) is 0 Å². The van der Waals surface area contributed by atoms with Crippen molar-refractivity contribution in [3.8, 4) is 0 Å². The number of anilines is 1. The lowest BCUT2D eigenvalue weighted by atomic mass is 10.2. The maximum atomic E-state index is 11.0. The monoisotopic (exact) mass is 228 g/mol. The molecule has 1 rings (SSSR count). The summed E-state index contributed by atoms with van der Waals surface area (Å²) in [6.45, 7) is 2.91. The molecule has 0 bridgehead atoms. The molecule has 6 nitrogen and oxygen atoms in total. The number of carboxylic acids is 1. The predicted molar refractivity (Wildman–Crippen MR) is 54.2 cm³/mol. The van der Waals surface area contributed by atoms with Crippen LogP contribution in [-0.2, 0) is 4.79 Å². The van der Waals surface area contributed by atoms with Crippen molar-refractivity contribution in [1.29, 1.82) is 0 Å². The highest BCUT2D eigenvalue weighted by Crippen LogP contribution is 2.28. The molecule has 1 heterocycles. The molecule has 0 atom stereocenters. The first-order valence-corrected chi connectivity index (χ1v) is 4.90. The third-order valence-corrected chi connectivity index (χ3v) is 2.65. The van der Waals surface area contributed by atoms with E-state index in [1.165, 1.54) is 13.8 Å². The summed E-state index contributed by atoms with van der Waals surface area (Å²) in [7, 11) is 0. The summed E-state index contributed by atoms with van der Waals surface area (Å²) in [4.78, 5) is 27.9. The van der Waals surface area contributed by atoms with Crippen molar-refractivity contribution in [2.75, 3.05) is 5.73 Å². The number of aliphatic carboxylic acids is 1. The standard InChI is InChI=1S/C8H11N3O3S/c1-8(2,6(13)14)15-7-10-4(9)3-5(12)11-7/h3H,1-2H3,(H,13,14)(H3,9,10,11,12)/p-1. The number of aromatic nitrogens is 2. The molecule has 0 spiro atoms. The number of nitrogen functional groups attached to an aromatic ring is 1. The van der Waals surface area contributed by atoms with E-state index in [9.17, 15) is 14.7 Å². The van der Waals surface area contributed by atoms with Crippen LogP contribution in [0.4, 0.5) is 5.82 Å². The minimum Gasteiger partial charge on any atom is -0.549 e. The van der Waals surface area contributed by atoms with Crippen LogP contribution in [0.3, 0.4) is 0 Å². The summed E-state index contributed by atoms with van der Waals surface area (Å²) < 4.78 is -1.18. The van der Waals surface area contributed by atoms with Crippen LogP contribution in [0.1, 0.15) is 13.8 Å². The van der Waals surface area contributed by atoms with Gasteiger partial charge in [-0.2, -0.15) is 0 Å². The minimum atomic E-state index is -1.24. The second-order valence-electron chi connectivity index (χ2n) is 3.38. The minimum absolute atomic E-state index is 0.0513. The zero-order valence-corrected chi connectivity index (χ0v) is 9.05. The molecule has 7 heteroatoms. The first kappa shape index (κ1) is 11.6. The maximum Gasteiger partial charge on any atom is 0.253 e. The highest BCUT2D eigenvalue weighted by Gasteiger charge is 2.22. The zero-order valence-electron chi connectivity index (χ0n) is 8.23. The van der Waals surface area contributed by atoms with Gasteiger partial charge >= 0.3 is 0 Å². The van der Waals surface area contributed by atoms with Crippen LogP contribution in [0.2, 0.25) is 0 Å². The molecule has 0 saturated carbocycles. The summed E-state index contributed by atoms with van der Waals surface area (Å²) in [5, 5.41) is 10.9. The Bertz CT molecular complexity index is 441. The van der Waals surface area contributed by atoms with E-state index < -0.39 is 16.3 Å². The number of hydrogen-bond donors (Lipinski definition) is 2. The van der Waals surface area contributed by atoms with Gasteiger partial charge in [-0.15, -0.1) is 0 Å². The molecular formula is C8H10N3O3S-. The van der Waals surface area contributed by atoms with E-state index in [1.807, 2.05) is 0 Å². The van der Waals surface area contributed by atoms with E-state index in [0.717, 1.165) is 17.8 Å². The van der Waals surface area contributed by atoms with Crippen LogP contribution in [0.5, 0.6) is 0 Å². The summed E-state index contributed by atoms with van der Waals surface area (Å²) in [5.41, 5.74) is 4.93. The largest absolute Gasteiger partial charge is 0.549 e. The molecule has 1 aromatic rings. The Hall–Kier alpha value is -1.50. The molecule has 0 saturated heterocycles. The van der Waals surface area contributed by atoms with Crippen molar-refractivity contribution in [3.63, 3.8) is 0 Å². The molecule has 0 radical (unpaired) electrons. The summed E-state index contributed by atoms with van der Waals surface area (Å²) in [6, 6.07) is 1.12. The number of carboxylic acid groups (broad SMARTS) is 1. The van der Waals surface area contributed by atoms with Crippen LogP contribution >= 0.6 is 11.8 Å². The van der Waals surface area contributed by atoms with Gasteiger partial charge in [0.1, 0.15) is 5.82 Å². The number of nitrogens with two attached hydrogens (primary N) is 1. The predicted octanol–water partition coefficient (Wildman–Crippen LogP) is -1.03. The van der Waals surface area contributed by atoms with Crippen LogP contribution in [0.15, 0.2) is 16.0 Å². The molecule has 0 aliphatic carbocycles. The van der Waals surface area contributed by atoms with Gasteiger partial charge < -0.3 is 20.6 Å². The van der Waals surface area contributed by atoms with Gasteiger partial charge in [0.25, 0.3) is 5.56 Å². The number of aromatic amines is 1. The van der Waals surface area contributed by atoms with Gasteiger partial charge in [-0.05, 0) is 13.8 Å². The second kappa shape index (κ2) is 3.93. The molecule has 1 aromatic heterocycles. The normalized spacial score (nSPS) is 11.3. The van der Waals surface area contributed by atoms with Crippen molar-refractivity contribution in [3.05, 3.63) is 16.4 Å². The lowest BCUT2D eigenvalue weighted by Crippen LogP contribution is -2.41. The number of nitrogens with one attached hydrogen (secondary N) is 1. The molecule has 0 unspecified atom stereocenters. The summed E-state index contributed by atoms with van der Waals surface area (Å²) in [5.74, 6) is -1.19. The Kier molecular flexibility index (Phi) is 3.04. The number of carbonyl (C=O) groups is 1. The number of carbonyl (C=O) groups excluding carboxylic acids is 1. The van der Waals surface area contributed by atoms with Gasteiger partial charge in [0.15, 0.2) is 5.16 Å². The van der Waals surface area contributed by atoms with Gasteiger partial charge in [0.05, 0.1) is 10.7 Å².